The van der Waals surface area contributed by atoms with Crippen LogP contribution in [0.15, 0.2) is 28.7 Å². The van der Waals surface area contributed by atoms with E-state index in [9.17, 15) is 0 Å². The first-order chi connectivity index (χ1) is 9.92. The van der Waals surface area contributed by atoms with Gasteiger partial charge in [0.15, 0.2) is 0 Å². The lowest BCUT2D eigenvalue weighted by molar-refractivity contribution is 0.202. The Morgan fingerprint density at radius 1 is 1.38 bits per heavy atom. The molecule has 0 saturated heterocycles. The summed E-state index contributed by atoms with van der Waals surface area (Å²) in [6, 6.07) is 9.28. The number of rotatable bonds is 6. The topological polar surface area (TPSA) is 15.3 Å². The first-order valence-corrected chi connectivity index (χ1v) is 8.88. The van der Waals surface area contributed by atoms with Crippen molar-refractivity contribution >= 4 is 15.9 Å². The van der Waals surface area contributed by atoms with Gasteiger partial charge in [-0.25, -0.2) is 0 Å². The third-order valence-corrected chi connectivity index (χ3v) is 5.28. The molecule has 0 aromatic heterocycles. The van der Waals surface area contributed by atoms with Gasteiger partial charge in [0.05, 0.1) is 0 Å². The summed E-state index contributed by atoms with van der Waals surface area (Å²) in [5, 5.41) is 3.73. The Morgan fingerprint density at radius 2 is 2.14 bits per heavy atom. The molecule has 1 aromatic carbocycles. The third-order valence-electron chi connectivity index (χ3n) is 4.78. The van der Waals surface area contributed by atoms with E-state index >= 15 is 0 Å². The van der Waals surface area contributed by atoms with E-state index in [1.807, 2.05) is 0 Å². The summed E-state index contributed by atoms with van der Waals surface area (Å²) in [5.74, 6) is 0.761. The minimum Gasteiger partial charge on any atom is -0.313 e. The third kappa shape index (κ3) is 4.54. The zero-order valence-corrected chi connectivity index (χ0v) is 15.4. The molecule has 1 aromatic rings. The van der Waals surface area contributed by atoms with E-state index in [-0.39, 0.29) is 0 Å². The van der Waals surface area contributed by atoms with Gasteiger partial charge < -0.3 is 10.2 Å². The molecule has 0 spiro atoms. The maximum atomic E-state index is 3.73. The van der Waals surface area contributed by atoms with E-state index in [1.165, 1.54) is 29.4 Å². The average molecular weight is 353 g/mol. The zero-order chi connectivity index (χ0) is 15.5. The van der Waals surface area contributed by atoms with Gasteiger partial charge in [-0.15, -0.1) is 0 Å². The predicted molar refractivity (Wildman–Crippen MR) is 94.4 cm³/mol. The molecular weight excluding hydrogens is 324 g/mol. The number of hydrogen-bond donors (Lipinski definition) is 1. The van der Waals surface area contributed by atoms with E-state index in [0.29, 0.717) is 11.5 Å². The van der Waals surface area contributed by atoms with E-state index in [0.717, 1.165) is 19.0 Å². The molecule has 3 heteroatoms. The van der Waals surface area contributed by atoms with Crippen molar-refractivity contribution in [3.05, 3.63) is 34.3 Å². The normalized spacial score (nSPS) is 24.7. The first kappa shape index (κ1) is 17.0. The Bertz CT molecular complexity index is 458. The van der Waals surface area contributed by atoms with Gasteiger partial charge >= 0.3 is 0 Å². The quantitative estimate of drug-likeness (QED) is 0.821. The van der Waals surface area contributed by atoms with Gasteiger partial charge in [0.1, 0.15) is 0 Å². The molecule has 2 rings (SSSR count). The maximum absolute atomic E-state index is 3.73. The molecule has 2 atom stereocenters. The van der Waals surface area contributed by atoms with Crippen molar-refractivity contribution in [3.63, 3.8) is 0 Å². The highest BCUT2D eigenvalue weighted by molar-refractivity contribution is 9.10. The molecule has 0 radical (unpaired) electrons. The molecule has 1 aliphatic carbocycles. The van der Waals surface area contributed by atoms with Crippen molar-refractivity contribution in [1.29, 1.82) is 0 Å². The smallest absolute Gasteiger partial charge is 0.0231 e. The molecule has 21 heavy (non-hydrogen) atoms. The summed E-state index contributed by atoms with van der Waals surface area (Å²) in [6.45, 7) is 10.3. The molecule has 0 amide bonds. The molecule has 1 fully saturated rings. The van der Waals surface area contributed by atoms with Crippen LogP contribution in [0.2, 0.25) is 0 Å². The first-order valence-electron chi connectivity index (χ1n) is 8.08. The summed E-state index contributed by atoms with van der Waals surface area (Å²) in [4.78, 5) is 2.47. The van der Waals surface area contributed by atoms with Crippen molar-refractivity contribution in [1.82, 2.24) is 10.2 Å². The number of halogens is 1. The largest absolute Gasteiger partial charge is 0.313 e. The summed E-state index contributed by atoms with van der Waals surface area (Å²) in [5.41, 5.74) is 1.81. The summed E-state index contributed by atoms with van der Waals surface area (Å²) >= 11 is 3.56. The second-order valence-corrected chi connectivity index (χ2v) is 8.07. The van der Waals surface area contributed by atoms with Gasteiger partial charge in [-0.2, -0.15) is 0 Å². The second-order valence-electron chi connectivity index (χ2n) is 7.15. The number of nitrogens with one attached hydrogen (secondary N) is 1. The molecule has 1 aliphatic rings. The molecule has 0 heterocycles. The molecule has 1 N–H and O–H groups in total. The molecule has 0 aliphatic heterocycles. The fourth-order valence-corrected chi connectivity index (χ4v) is 4.24. The number of nitrogens with zero attached hydrogens (tertiary/aromatic N) is 1. The van der Waals surface area contributed by atoms with Crippen LogP contribution in [0.4, 0.5) is 0 Å². The summed E-state index contributed by atoms with van der Waals surface area (Å²) < 4.78 is 1.17. The average Bonchev–Trinajstić information content (AvgIpc) is 2.66. The van der Waals surface area contributed by atoms with Crippen molar-refractivity contribution in [2.75, 3.05) is 20.1 Å². The SMILES string of the molecule is CCNC1C(CN(C)Cc2cccc(Br)c2)CCC1(C)C. The number of benzene rings is 1. The Balaban J connectivity index is 1.94. The van der Waals surface area contributed by atoms with Crippen LogP contribution in [0.1, 0.15) is 39.2 Å². The number of hydrogen-bond acceptors (Lipinski definition) is 2. The monoisotopic (exact) mass is 352 g/mol. The van der Waals surface area contributed by atoms with Gasteiger partial charge in [0, 0.05) is 23.6 Å². The molecule has 2 nitrogen and oxygen atoms in total. The summed E-state index contributed by atoms with van der Waals surface area (Å²) in [6.07, 6.45) is 2.67. The van der Waals surface area contributed by atoms with Gasteiger partial charge in [0.2, 0.25) is 0 Å². The van der Waals surface area contributed by atoms with Crippen molar-refractivity contribution < 1.29 is 0 Å². The Kier molecular flexibility index (Phi) is 5.87. The van der Waals surface area contributed by atoms with E-state index in [2.05, 4.69) is 78.2 Å². The van der Waals surface area contributed by atoms with Gasteiger partial charge in [-0.1, -0.05) is 48.8 Å². The Hall–Kier alpha value is -0.380. The molecular formula is C18H29BrN2. The van der Waals surface area contributed by atoms with Gasteiger partial charge in [-0.05, 0) is 55.5 Å². The van der Waals surface area contributed by atoms with Crippen molar-refractivity contribution in [3.8, 4) is 0 Å². The van der Waals surface area contributed by atoms with Crippen LogP contribution in [0.3, 0.4) is 0 Å². The van der Waals surface area contributed by atoms with E-state index in [4.69, 9.17) is 0 Å². The lowest BCUT2D eigenvalue weighted by Crippen LogP contribution is -2.45. The second kappa shape index (κ2) is 7.26. The van der Waals surface area contributed by atoms with Crippen molar-refractivity contribution in [2.45, 2.75) is 46.2 Å². The van der Waals surface area contributed by atoms with Crippen LogP contribution >= 0.6 is 15.9 Å². The van der Waals surface area contributed by atoms with Crippen LogP contribution in [0.25, 0.3) is 0 Å². The fourth-order valence-electron chi connectivity index (χ4n) is 3.79. The molecule has 1 saturated carbocycles. The highest BCUT2D eigenvalue weighted by atomic mass is 79.9. The minimum atomic E-state index is 0.428. The van der Waals surface area contributed by atoms with Crippen LogP contribution in [-0.2, 0) is 6.54 Å². The maximum Gasteiger partial charge on any atom is 0.0231 e. The lowest BCUT2D eigenvalue weighted by Gasteiger charge is -2.33. The van der Waals surface area contributed by atoms with E-state index in [1.54, 1.807) is 0 Å². The standard InChI is InChI=1S/C18H29BrN2/c1-5-20-17-15(9-10-18(17,2)3)13-21(4)12-14-7-6-8-16(19)11-14/h6-8,11,15,17,20H,5,9-10,12-13H2,1-4H3. The fraction of sp³-hybridized carbons (Fsp3) is 0.667. The lowest BCUT2D eigenvalue weighted by atomic mass is 9.84. The Morgan fingerprint density at radius 3 is 2.81 bits per heavy atom. The van der Waals surface area contributed by atoms with Crippen LogP contribution < -0.4 is 5.32 Å². The van der Waals surface area contributed by atoms with Crippen LogP contribution in [-0.4, -0.2) is 31.1 Å². The van der Waals surface area contributed by atoms with Crippen LogP contribution in [0.5, 0.6) is 0 Å². The minimum absolute atomic E-state index is 0.428. The van der Waals surface area contributed by atoms with E-state index < -0.39 is 0 Å². The van der Waals surface area contributed by atoms with Gasteiger partial charge in [0.25, 0.3) is 0 Å². The highest BCUT2D eigenvalue weighted by Gasteiger charge is 2.41. The van der Waals surface area contributed by atoms with Crippen LogP contribution in [0, 0.1) is 11.3 Å². The Labute approximate surface area is 138 Å². The van der Waals surface area contributed by atoms with Gasteiger partial charge in [-0.3, -0.25) is 0 Å². The molecule has 0 bridgehead atoms. The molecule has 2 unspecified atom stereocenters. The molecule has 118 valence electrons. The highest BCUT2D eigenvalue weighted by Crippen LogP contribution is 2.41. The predicted octanol–water partition coefficient (Wildman–Crippen LogP) is 4.30. The summed E-state index contributed by atoms with van der Waals surface area (Å²) in [7, 11) is 2.25. The zero-order valence-electron chi connectivity index (χ0n) is 13.8. The van der Waals surface area contributed by atoms with Crippen molar-refractivity contribution in [2.24, 2.45) is 11.3 Å².